The normalized spacial score (nSPS) is 12.5. The molecule has 0 saturated heterocycles. The highest BCUT2D eigenvalue weighted by Crippen LogP contribution is 2.21. The first-order valence-electron chi connectivity index (χ1n) is 4.52. The van der Waals surface area contributed by atoms with Gasteiger partial charge in [0.1, 0.15) is 5.82 Å². The zero-order valence-corrected chi connectivity index (χ0v) is 8.26. The van der Waals surface area contributed by atoms with Gasteiger partial charge in [0.25, 0.3) is 0 Å². The molecule has 1 rings (SSSR count). The minimum absolute atomic E-state index is 0.0665. The smallest absolute Gasteiger partial charge is 0.123 e. The van der Waals surface area contributed by atoms with Crippen LogP contribution in [0.3, 0.4) is 0 Å². The Morgan fingerprint density at radius 1 is 1.64 bits per heavy atom. The fourth-order valence-corrected chi connectivity index (χ4v) is 1.44. The van der Waals surface area contributed by atoms with E-state index in [0.29, 0.717) is 6.42 Å². The maximum atomic E-state index is 13.0. The second-order valence-electron chi connectivity index (χ2n) is 3.24. The number of nitrogens with one attached hydrogen (secondary N) is 1. The van der Waals surface area contributed by atoms with Crippen molar-refractivity contribution in [3.05, 3.63) is 47.8 Å². The number of benzene rings is 1. The average molecular weight is 194 g/mol. The highest BCUT2D eigenvalue weighted by Gasteiger charge is 2.10. The van der Waals surface area contributed by atoms with Crippen molar-refractivity contribution < 1.29 is 4.39 Å². The molecule has 1 aromatic rings. The third-order valence-electron chi connectivity index (χ3n) is 2.22. The van der Waals surface area contributed by atoms with E-state index in [-0.39, 0.29) is 11.9 Å². The zero-order valence-electron chi connectivity index (χ0n) is 8.26. The molecule has 2 nitrogen and oxygen atoms in total. The van der Waals surface area contributed by atoms with Crippen molar-refractivity contribution in [2.45, 2.75) is 19.4 Å². The summed E-state index contributed by atoms with van der Waals surface area (Å²) >= 11 is 0. The Morgan fingerprint density at radius 2 is 2.36 bits per heavy atom. The third-order valence-corrected chi connectivity index (χ3v) is 2.22. The van der Waals surface area contributed by atoms with Crippen LogP contribution in [0.25, 0.3) is 0 Å². The summed E-state index contributed by atoms with van der Waals surface area (Å²) in [5.74, 6) is 5.15. The van der Waals surface area contributed by atoms with E-state index >= 15 is 0 Å². The van der Waals surface area contributed by atoms with Crippen molar-refractivity contribution >= 4 is 0 Å². The fraction of sp³-hybridized carbons (Fsp3) is 0.273. The van der Waals surface area contributed by atoms with E-state index in [1.165, 1.54) is 12.1 Å². The summed E-state index contributed by atoms with van der Waals surface area (Å²) < 4.78 is 13.0. The quantitative estimate of drug-likeness (QED) is 0.438. The molecule has 0 saturated carbocycles. The van der Waals surface area contributed by atoms with E-state index < -0.39 is 0 Å². The summed E-state index contributed by atoms with van der Waals surface area (Å²) in [6.45, 7) is 5.57. The van der Waals surface area contributed by atoms with Crippen LogP contribution in [0.15, 0.2) is 30.9 Å². The van der Waals surface area contributed by atoms with Crippen molar-refractivity contribution in [3.8, 4) is 0 Å². The molecule has 1 atom stereocenters. The molecule has 1 aromatic carbocycles. The average Bonchev–Trinajstić information content (AvgIpc) is 2.18. The maximum absolute atomic E-state index is 13.0. The summed E-state index contributed by atoms with van der Waals surface area (Å²) in [4.78, 5) is 0. The third kappa shape index (κ3) is 2.40. The highest BCUT2D eigenvalue weighted by atomic mass is 19.1. The van der Waals surface area contributed by atoms with E-state index in [0.717, 1.165) is 11.1 Å². The molecule has 0 fully saturated rings. The SMILES string of the molecule is C=CCC(NN)c1cc(F)ccc1C. The van der Waals surface area contributed by atoms with Crippen LogP contribution < -0.4 is 11.3 Å². The molecule has 3 heteroatoms. The van der Waals surface area contributed by atoms with Crippen LogP contribution in [0, 0.1) is 12.7 Å². The maximum Gasteiger partial charge on any atom is 0.123 e. The Balaban J connectivity index is 3.01. The molecule has 3 N–H and O–H groups in total. The number of hydrazine groups is 1. The monoisotopic (exact) mass is 194 g/mol. The van der Waals surface area contributed by atoms with Gasteiger partial charge in [-0.05, 0) is 36.6 Å². The molecule has 0 aliphatic carbocycles. The van der Waals surface area contributed by atoms with Crippen LogP contribution in [-0.4, -0.2) is 0 Å². The predicted octanol–water partition coefficient (Wildman–Crippen LogP) is 2.21. The zero-order chi connectivity index (χ0) is 10.6. The standard InChI is InChI=1S/C11H15FN2/c1-3-4-11(14-13)10-7-9(12)6-5-8(10)2/h3,5-7,11,14H,1,4,13H2,2H3. The molecule has 14 heavy (non-hydrogen) atoms. The van der Waals surface area contributed by atoms with Gasteiger partial charge in [-0.1, -0.05) is 12.1 Å². The Kier molecular flexibility index (Phi) is 3.80. The molecule has 1 unspecified atom stereocenters. The summed E-state index contributed by atoms with van der Waals surface area (Å²) in [6, 6.07) is 4.63. The molecule has 0 amide bonds. The van der Waals surface area contributed by atoms with Crippen molar-refractivity contribution in [1.82, 2.24) is 5.43 Å². The Morgan fingerprint density at radius 3 is 2.93 bits per heavy atom. The van der Waals surface area contributed by atoms with Crippen LogP contribution in [0.5, 0.6) is 0 Å². The molecule has 0 aliphatic rings. The van der Waals surface area contributed by atoms with E-state index in [1.807, 2.05) is 6.92 Å². The molecule has 0 aromatic heterocycles. The van der Waals surface area contributed by atoms with Gasteiger partial charge in [0.15, 0.2) is 0 Å². The summed E-state index contributed by atoms with van der Waals surface area (Å²) in [5, 5.41) is 0. The van der Waals surface area contributed by atoms with Gasteiger partial charge < -0.3 is 0 Å². The minimum atomic E-state index is -0.241. The van der Waals surface area contributed by atoms with E-state index in [2.05, 4.69) is 12.0 Å². The first kappa shape index (κ1) is 10.9. The number of nitrogens with two attached hydrogens (primary N) is 1. The Bertz CT molecular complexity index is 323. The molecular weight excluding hydrogens is 179 g/mol. The molecular formula is C11H15FN2. The summed E-state index contributed by atoms with van der Waals surface area (Å²) in [5.41, 5.74) is 4.56. The molecule has 76 valence electrons. The lowest BCUT2D eigenvalue weighted by atomic mass is 9.99. The predicted molar refractivity (Wildman–Crippen MR) is 56.0 cm³/mol. The number of hydrogen-bond donors (Lipinski definition) is 2. The van der Waals surface area contributed by atoms with Gasteiger partial charge in [-0.15, -0.1) is 6.58 Å². The number of rotatable bonds is 4. The second-order valence-corrected chi connectivity index (χ2v) is 3.24. The minimum Gasteiger partial charge on any atom is -0.271 e. The van der Waals surface area contributed by atoms with Gasteiger partial charge in [0, 0.05) is 6.04 Å². The van der Waals surface area contributed by atoms with Crippen molar-refractivity contribution in [1.29, 1.82) is 0 Å². The van der Waals surface area contributed by atoms with Crippen molar-refractivity contribution in [2.24, 2.45) is 5.84 Å². The van der Waals surface area contributed by atoms with Crippen LogP contribution in [0.1, 0.15) is 23.6 Å². The lowest BCUT2D eigenvalue weighted by molar-refractivity contribution is 0.550. The molecule has 0 aliphatic heterocycles. The molecule has 0 bridgehead atoms. The lowest BCUT2D eigenvalue weighted by Crippen LogP contribution is -2.28. The van der Waals surface area contributed by atoms with Crippen LogP contribution in [0.2, 0.25) is 0 Å². The number of aryl methyl sites for hydroxylation is 1. The first-order valence-corrected chi connectivity index (χ1v) is 4.52. The van der Waals surface area contributed by atoms with E-state index in [1.54, 1.807) is 12.1 Å². The highest BCUT2D eigenvalue weighted by molar-refractivity contribution is 5.29. The number of hydrogen-bond acceptors (Lipinski definition) is 2. The molecule has 0 radical (unpaired) electrons. The number of halogens is 1. The Hall–Kier alpha value is -1.19. The summed E-state index contributed by atoms with van der Waals surface area (Å²) in [6.07, 6.45) is 2.44. The van der Waals surface area contributed by atoms with Crippen LogP contribution in [0.4, 0.5) is 4.39 Å². The van der Waals surface area contributed by atoms with Gasteiger partial charge in [-0.25, -0.2) is 4.39 Å². The van der Waals surface area contributed by atoms with E-state index in [4.69, 9.17) is 5.84 Å². The first-order chi connectivity index (χ1) is 6.69. The summed E-state index contributed by atoms with van der Waals surface area (Å²) in [7, 11) is 0. The second kappa shape index (κ2) is 4.88. The van der Waals surface area contributed by atoms with Gasteiger partial charge in [0.2, 0.25) is 0 Å². The van der Waals surface area contributed by atoms with Gasteiger partial charge in [0.05, 0.1) is 0 Å². The topological polar surface area (TPSA) is 38.0 Å². The lowest BCUT2D eigenvalue weighted by Gasteiger charge is -2.16. The van der Waals surface area contributed by atoms with Gasteiger partial charge >= 0.3 is 0 Å². The van der Waals surface area contributed by atoms with Gasteiger partial charge in [-0.2, -0.15) is 0 Å². The Labute approximate surface area is 83.6 Å². The van der Waals surface area contributed by atoms with Crippen molar-refractivity contribution in [3.63, 3.8) is 0 Å². The molecule has 0 heterocycles. The van der Waals surface area contributed by atoms with E-state index in [9.17, 15) is 4.39 Å². The largest absolute Gasteiger partial charge is 0.271 e. The van der Waals surface area contributed by atoms with Gasteiger partial charge in [-0.3, -0.25) is 11.3 Å². The fourth-order valence-electron chi connectivity index (χ4n) is 1.44. The van der Waals surface area contributed by atoms with Crippen LogP contribution >= 0.6 is 0 Å². The van der Waals surface area contributed by atoms with Crippen LogP contribution in [-0.2, 0) is 0 Å². The van der Waals surface area contributed by atoms with Crippen molar-refractivity contribution in [2.75, 3.05) is 0 Å². The molecule has 0 spiro atoms.